The number of aromatic nitrogens is 1. The fraction of sp³-hybridized carbons (Fsp3) is 0.462. The molecule has 0 saturated carbocycles. The third-order valence-electron chi connectivity index (χ3n) is 3.73. The van der Waals surface area contributed by atoms with E-state index in [1.54, 1.807) is 0 Å². The number of anilines is 1. The van der Waals surface area contributed by atoms with Gasteiger partial charge in [-0.3, -0.25) is 4.79 Å². The summed E-state index contributed by atoms with van der Waals surface area (Å²) in [5.74, 6) is 0.657. The highest BCUT2D eigenvalue weighted by atomic mass is 16.1. The normalized spacial score (nSPS) is 21.7. The molecular formula is C13H14N4O. The first-order chi connectivity index (χ1) is 8.70. The van der Waals surface area contributed by atoms with E-state index in [9.17, 15) is 4.79 Å². The summed E-state index contributed by atoms with van der Waals surface area (Å²) in [5.41, 5.74) is 1.72. The molecule has 5 nitrogen and oxygen atoms in total. The zero-order valence-corrected chi connectivity index (χ0v) is 10.2. The van der Waals surface area contributed by atoms with Crippen molar-refractivity contribution in [2.24, 2.45) is 0 Å². The van der Waals surface area contributed by atoms with Crippen LogP contribution in [0.25, 0.3) is 0 Å². The van der Waals surface area contributed by atoms with E-state index in [1.807, 2.05) is 6.07 Å². The largest absolute Gasteiger partial charge is 0.354 e. The molecule has 1 saturated heterocycles. The number of carbonyl (C=O) groups excluding carboxylic acids is 1. The Morgan fingerprint density at radius 3 is 3.11 bits per heavy atom. The van der Waals surface area contributed by atoms with Gasteiger partial charge in [0.15, 0.2) is 0 Å². The highest BCUT2D eigenvalue weighted by Crippen LogP contribution is 2.28. The van der Waals surface area contributed by atoms with E-state index < -0.39 is 0 Å². The van der Waals surface area contributed by atoms with Gasteiger partial charge in [-0.25, -0.2) is 4.98 Å². The third kappa shape index (κ3) is 1.53. The van der Waals surface area contributed by atoms with E-state index in [2.05, 4.69) is 28.2 Å². The second-order valence-electron chi connectivity index (χ2n) is 4.83. The van der Waals surface area contributed by atoms with Crippen LogP contribution in [0.15, 0.2) is 6.07 Å². The molecule has 18 heavy (non-hydrogen) atoms. The van der Waals surface area contributed by atoms with Crippen LogP contribution in [0, 0.1) is 11.3 Å². The highest BCUT2D eigenvalue weighted by molar-refractivity contribution is 5.99. The van der Waals surface area contributed by atoms with Crippen LogP contribution >= 0.6 is 0 Å². The number of amides is 1. The smallest absolute Gasteiger partial charge is 0.252 e. The Morgan fingerprint density at radius 2 is 2.44 bits per heavy atom. The van der Waals surface area contributed by atoms with Gasteiger partial charge in [0.25, 0.3) is 5.91 Å². The minimum atomic E-state index is -0.1000. The number of carbonyl (C=O) groups is 1. The van der Waals surface area contributed by atoms with Crippen LogP contribution in [0.3, 0.4) is 0 Å². The van der Waals surface area contributed by atoms with Gasteiger partial charge in [0.1, 0.15) is 17.6 Å². The molecule has 1 unspecified atom stereocenters. The summed E-state index contributed by atoms with van der Waals surface area (Å²) in [6.45, 7) is 3.51. The molecule has 3 heterocycles. The van der Waals surface area contributed by atoms with E-state index in [1.165, 1.54) is 0 Å². The average Bonchev–Trinajstić information content (AvgIpc) is 2.95. The predicted octanol–water partition coefficient (Wildman–Crippen LogP) is 1.19. The molecule has 1 N–H and O–H groups in total. The van der Waals surface area contributed by atoms with Crippen molar-refractivity contribution in [3.05, 3.63) is 22.9 Å². The van der Waals surface area contributed by atoms with Gasteiger partial charge in [-0.15, -0.1) is 0 Å². The standard InChI is InChI=1S/C13H14N4O/c1-8-3-2-4-17(8)12-5-9-10(7-15-13(9)18)11(6-14)16-12/h5,8H,2-4,7H2,1H3,(H,15,18). The van der Waals surface area contributed by atoms with Gasteiger partial charge in [0.05, 0.1) is 5.56 Å². The van der Waals surface area contributed by atoms with Gasteiger partial charge >= 0.3 is 0 Å². The van der Waals surface area contributed by atoms with E-state index in [0.717, 1.165) is 30.8 Å². The monoisotopic (exact) mass is 242 g/mol. The maximum atomic E-state index is 11.7. The van der Waals surface area contributed by atoms with Crippen LogP contribution in [-0.2, 0) is 6.54 Å². The van der Waals surface area contributed by atoms with Gasteiger partial charge < -0.3 is 10.2 Å². The Morgan fingerprint density at radius 1 is 1.61 bits per heavy atom. The molecule has 1 aromatic rings. The molecule has 2 aliphatic heterocycles. The summed E-state index contributed by atoms with van der Waals surface area (Å²) >= 11 is 0. The van der Waals surface area contributed by atoms with Crippen molar-refractivity contribution in [3.8, 4) is 6.07 Å². The van der Waals surface area contributed by atoms with Crippen molar-refractivity contribution in [3.63, 3.8) is 0 Å². The molecule has 0 aliphatic carbocycles. The predicted molar refractivity (Wildman–Crippen MR) is 66.2 cm³/mol. The molecule has 1 aromatic heterocycles. The number of hydrogen-bond acceptors (Lipinski definition) is 4. The number of nitrogens with zero attached hydrogens (tertiary/aromatic N) is 3. The van der Waals surface area contributed by atoms with Crippen molar-refractivity contribution in [1.29, 1.82) is 5.26 Å². The quantitative estimate of drug-likeness (QED) is 0.803. The second kappa shape index (κ2) is 3.98. The Bertz CT molecular complexity index is 561. The molecular weight excluding hydrogens is 228 g/mol. The number of fused-ring (bicyclic) bond motifs is 1. The lowest BCUT2D eigenvalue weighted by Gasteiger charge is -2.23. The van der Waals surface area contributed by atoms with Crippen LogP contribution in [0.1, 0.15) is 41.4 Å². The first kappa shape index (κ1) is 11.0. The molecule has 1 fully saturated rings. The summed E-state index contributed by atoms with van der Waals surface area (Å²) in [6, 6.07) is 4.34. The molecule has 0 radical (unpaired) electrons. The van der Waals surface area contributed by atoms with Gasteiger partial charge in [0, 0.05) is 24.7 Å². The van der Waals surface area contributed by atoms with Gasteiger partial charge in [-0.1, -0.05) is 0 Å². The van der Waals surface area contributed by atoms with Crippen LogP contribution in [0.2, 0.25) is 0 Å². The molecule has 1 atom stereocenters. The summed E-state index contributed by atoms with van der Waals surface area (Å²) in [6.07, 6.45) is 2.26. The Labute approximate surface area is 105 Å². The maximum Gasteiger partial charge on any atom is 0.252 e. The topological polar surface area (TPSA) is 69.0 Å². The van der Waals surface area contributed by atoms with Crippen LogP contribution in [0.5, 0.6) is 0 Å². The number of rotatable bonds is 1. The SMILES string of the molecule is CC1CCCN1c1cc2c(c(C#N)n1)CNC2=O. The number of pyridine rings is 1. The van der Waals surface area contributed by atoms with Gasteiger partial charge in [-0.05, 0) is 25.8 Å². The maximum absolute atomic E-state index is 11.7. The molecule has 0 bridgehead atoms. The fourth-order valence-electron chi connectivity index (χ4n) is 2.72. The summed E-state index contributed by atoms with van der Waals surface area (Å²) in [5, 5.41) is 11.9. The van der Waals surface area contributed by atoms with Gasteiger partial charge in [-0.2, -0.15) is 5.26 Å². The Kier molecular flexibility index (Phi) is 2.44. The zero-order chi connectivity index (χ0) is 12.7. The molecule has 0 spiro atoms. The first-order valence-corrected chi connectivity index (χ1v) is 6.19. The summed E-state index contributed by atoms with van der Waals surface area (Å²) in [7, 11) is 0. The fourth-order valence-corrected chi connectivity index (χ4v) is 2.72. The average molecular weight is 242 g/mol. The van der Waals surface area contributed by atoms with E-state index in [-0.39, 0.29) is 5.91 Å². The molecule has 2 aliphatic rings. The zero-order valence-electron chi connectivity index (χ0n) is 10.2. The minimum absolute atomic E-state index is 0.1000. The lowest BCUT2D eigenvalue weighted by molar-refractivity contribution is 0.0965. The van der Waals surface area contributed by atoms with Gasteiger partial charge in [0.2, 0.25) is 0 Å². The molecule has 92 valence electrons. The van der Waals surface area contributed by atoms with Crippen molar-refractivity contribution in [2.45, 2.75) is 32.4 Å². The molecule has 0 aromatic carbocycles. The number of nitriles is 1. The third-order valence-corrected chi connectivity index (χ3v) is 3.73. The first-order valence-electron chi connectivity index (χ1n) is 6.19. The number of hydrogen-bond donors (Lipinski definition) is 1. The Balaban J connectivity index is 2.10. The summed E-state index contributed by atoms with van der Waals surface area (Å²) < 4.78 is 0. The molecule has 1 amide bonds. The minimum Gasteiger partial charge on any atom is -0.354 e. The van der Waals surface area contributed by atoms with E-state index in [0.29, 0.717) is 23.8 Å². The van der Waals surface area contributed by atoms with Crippen molar-refractivity contribution >= 4 is 11.7 Å². The van der Waals surface area contributed by atoms with E-state index >= 15 is 0 Å². The van der Waals surface area contributed by atoms with Crippen molar-refractivity contribution in [1.82, 2.24) is 10.3 Å². The highest BCUT2D eigenvalue weighted by Gasteiger charge is 2.28. The summed E-state index contributed by atoms with van der Waals surface area (Å²) in [4.78, 5) is 18.3. The van der Waals surface area contributed by atoms with Crippen molar-refractivity contribution < 1.29 is 4.79 Å². The molecule has 5 heteroatoms. The van der Waals surface area contributed by atoms with E-state index in [4.69, 9.17) is 5.26 Å². The van der Waals surface area contributed by atoms with Crippen LogP contribution in [0.4, 0.5) is 5.82 Å². The Hall–Kier alpha value is -2.09. The second-order valence-corrected chi connectivity index (χ2v) is 4.83. The van der Waals surface area contributed by atoms with Crippen LogP contribution in [-0.4, -0.2) is 23.5 Å². The lowest BCUT2D eigenvalue weighted by Crippen LogP contribution is -2.27. The molecule has 3 rings (SSSR count). The lowest BCUT2D eigenvalue weighted by atomic mass is 10.1. The van der Waals surface area contributed by atoms with Crippen LogP contribution < -0.4 is 10.2 Å². The van der Waals surface area contributed by atoms with Crippen molar-refractivity contribution in [2.75, 3.05) is 11.4 Å². The number of nitrogens with one attached hydrogen (secondary N) is 1.